The van der Waals surface area contributed by atoms with Gasteiger partial charge in [-0.3, -0.25) is 4.90 Å². The average Bonchev–Trinajstić information content (AvgIpc) is 2.46. The van der Waals surface area contributed by atoms with Gasteiger partial charge in [0.2, 0.25) is 0 Å². The molecule has 3 rings (SSSR count). The van der Waals surface area contributed by atoms with Crippen LogP contribution < -0.4 is 0 Å². The van der Waals surface area contributed by atoms with Crippen molar-refractivity contribution in [2.24, 2.45) is 0 Å². The number of rotatable bonds is 2. The number of hydrogen-bond acceptors (Lipinski definition) is 1. The number of fused-ring (bicyclic) bond motifs is 1. The molecular weight excluding hydrogens is 230 g/mol. The summed E-state index contributed by atoms with van der Waals surface area (Å²) in [6.07, 6.45) is 1.17. The molecule has 0 amide bonds. The number of benzene rings is 2. The number of likely N-dealkylation sites (N-methyl/N-ethyl adjacent to an activating group) is 1. The van der Waals surface area contributed by atoms with E-state index in [2.05, 4.69) is 67.3 Å². The Kier molecular flexibility index (Phi) is 3.39. The monoisotopic (exact) mass is 251 g/mol. The normalized spacial score (nSPS) is 19.2. The summed E-state index contributed by atoms with van der Waals surface area (Å²) in [4.78, 5) is 2.58. The Hall–Kier alpha value is -1.60. The number of hydrogen-bond donors (Lipinski definition) is 0. The van der Waals surface area contributed by atoms with Crippen LogP contribution in [0.3, 0.4) is 0 Å². The lowest BCUT2D eigenvalue weighted by Gasteiger charge is -2.37. The highest BCUT2D eigenvalue weighted by atomic mass is 15.2. The second-order valence-corrected chi connectivity index (χ2v) is 5.39. The fraction of sp³-hybridized carbons (Fsp3) is 0.333. The molecule has 0 aliphatic carbocycles. The van der Waals surface area contributed by atoms with Crippen molar-refractivity contribution in [2.75, 3.05) is 13.1 Å². The third-order valence-electron chi connectivity index (χ3n) is 4.15. The Morgan fingerprint density at radius 2 is 1.95 bits per heavy atom. The van der Waals surface area contributed by atoms with Gasteiger partial charge in [0, 0.05) is 6.54 Å². The van der Waals surface area contributed by atoms with Crippen LogP contribution in [0.1, 0.15) is 35.2 Å². The fourth-order valence-electron chi connectivity index (χ4n) is 3.19. The molecule has 1 atom stereocenters. The number of aryl methyl sites for hydroxylation is 1. The van der Waals surface area contributed by atoms with Crippen molar-refractivity contribution in [3.8, 4) is 0 Å². The Bertz CT molecular complexity index is 573. The van der Waals surface area contributed by atoms with Crippen LogP contribution >= 0.6 is 0 Å². The zero-order valence-electron chi connectivity index (χ0n) is 11.8. The van der Waals surface area contributed by atoms with E-state index >= 15 is 0 Å². The number of nitrogens with zero attached hydrogens (tertiary/aromatic N) is 1. The lowest BCUT2D eigenvalue weighted by molar-refractivity contribution is 0.225. The quantitative estimate of drug-likeness (QED) is 0.781. The summed E-state index contributed by atoms with van der Waals surface area (Å²) >= 11 is 0. The van der Waals surface area contributed by atoms with Crippen molar-refractivity contribution >= 4 is 0 Å². The smallest absolute Gasteiger partial charge is 0.0604 e. The van der Waals surface area contributed by atoms with E-state index in [0.29, 0.717) is 6.04 Å². The second kappa shape index (κ2) is 5.18. The van der Waals surface area contributed by atoms with E-state index in [9.17, 15) is 0 Å². The van der Waals surface area contributed by atoms with Crippen LogP contribution in [0.4, 0.5) is 0 Å². The second-order valence-electron chi connectivity index (χ2n) is 5.39. The van der Waals surface area contributed by atoms with Crippen LogP contribution in [0, 0.1) is 6.92 Å². The first-order chi connectivity index (χ1) is 9.29. The summed E-state index contributed by atoms with van der Waals surface area (Å²) in [5, 5.41) is 0. The van der Waals surface area contributed by atoms with E-state index in [0.717, 1.165) is 13.1 Å². The van der Waals surface area contributed by atoms with E-state index in [1.807, 2.05) is 0 Å². The van der Waals surface area contributed by atoms with Crippen LogP contribution in [0.25, 0.3) is 0 Å². The van der Waals surface area contributed by atoms with Gasteiger partial charge in [0.15, 0.2) is 0 Å². The fourth-order valence-corrected chi connectivity index (χ4v) is 3.19. The molecule has 1 heterocycles. The molecule has 1 aliphatic rings. The first-order valence-electron chi connectivity index (χ1n) is 7.18. The summed E-state index contributed by atoms with van der Waals surface area (Å²) in [6, 6.07) is 18.3. The maximum absolute atomic E-state index is 2.58. The Morgan fingerprint density at radius 3 is 2.74 bits per heavy atom. The van der Waals surface area contributed by atoms with Gasteiger partial charge in [0.05, 0.1) is 6.04 Å². The summed E-state index contributed by atoms with van der Waals surface area (Å²) in [5.74, 6) is 0. The van der Waals surface area contributed by atoms with E-state index in [4.69, 9.17) is 0 Å². The van der Waals surface area contributed by atoms with Crippen LogP contribution in [0.5, 0.6) is 0 Å². The Labute approximate surface area is 115 Å². The predicted octanol–water partition coefficient (Wildman–Crippen LogP) is 3.96. The van der Waals surface area contributed by atoms with Crippen LogP contribution in [-0.2, 0) is 6.42 Å². The Morgan fingerprint density at radius 1 is 1.11 bits per heavy atom. The van der Waals surface area contributed by atoms with Crippen molar-refractivity contribution in [3.05, 3.63) is 70.8 Å². The van der Waals surface area contributed by atoms with E-state index in [-0.39, 0.29) is 0 Å². The zero-order chi connectivity index (χ0) is 13.2. The standard InChI is InChI=1S/C18H21N/c1-3-19-12-11-15-8-4-5-10-17(15)18(19)16-9-6-7-14(2)13-16/h4-10,13,18H,3,11-12H2,1-2H3. The molecule has 2 aromatic rings. The van der Waals surface area contributed by atoms with E-state index < -0.39 is 0 Å². The van der Waals surface area contributed by atoms with Gasteiger partial charge in [0.1, 0.15) is 0 Å². The lowest BCUT2D eigenvalue weighted by Crippen LogP contribution is -2.35. The maximum atomic E-state index is 2.58. The van der Waals surface area contributed by atoms with E-state index in [1.165, 1.54) is 28.7 Å². The zero-order valence-corrected chi connectivity index (χ0v) is 11.8. The SMILES string of the molecule is CCN1CCc2ccccc2C1c1cccc(C)c1. The lowest BCUT2D eigenvalue weighted by atomic mass is 9.88. The largest absolute Gasteiger partial charge is 0.292 e. The van der Waals surface area contributed by atoms with Gasteiger partial charge in [-0.1, -0.05) is 61.0 Å². The highest BCUT2D eigenvalue weighted by Gasteiger charge is 2.27. The first kappa shape index (κ1) is 12.4. The van der Waals surface area contributed by atoms with Crippen molar-refractivity contribution in [1.82, 2.24) is 4.90 Å². The van der Waals surface area contributed by atoms with Crippen LogP contribution in [-0.4, -0.2) is 18.0 Å². The van der Waals surface area contributed by atoms with Gasteiger partial charge in [-0.05, 0) is 36.6 Å². The topological polar surface area (TPSA) is 3.24 Å². The van der Waals surface area contributed by atoms with Crippen molar-refractivity contribution in [2.45, 2.75) is 26.3 Å². The third kappa shape index (κ3) is 2.31. The van der Waals surface area contributed by atoms with Crippen LogP contribution in [0.15, 0.2) is 48.5 Å². The summed E-state index contributed by atoms with van der Waals surface area (Å²) < 4.78 is 0. The van der Waals surface area contributed by atoms with Crippen molar-refractivity contribution in [3.63, 3.8) is 0 Å². The summed E-state index contributed by atoms with van der Waals surface area (Å²) in [5.41, 5.74) is 5.77. The maximum Gasteiger partial charge on any atom is 0.0604 e. The minimum atomic E-state index is 0.426. The molecule has 1 nitrogen and oxygen atoms in total. The minimum Gasteiger partial charge on any atom is -0.292 e. The molecule has 1 unspecified atom stereocenters. The van der Waals surface area contributed by atoms with Gasteiger partial charge in [-0.25, -0.2) is 0 Å². The van der Waals surface area contributed by atoms with Gasteiger partial charge in [-0.15, -0.1) is 0 Å². The van der Waals surface area contributed by atoms with Crippen molar-refractivity contribution in [1.29, 1.82) is 0 Å². The van der Waals surface area contributed by atoms with E-state index in [1.54, 1.807) is 0 Å². The van der Waals surface area contributed by atoms with Crippen molar-refractivity contribution < 1.29 is 0 Å². The third-order valence-corrected chi connectivity index (χ3v) is 4.15. The Balaban J connectivity index is 2.10. The molecule has 19 heavy (non-hydrogen) atoms. The molecule has 0 aromatic heterocycles. The molecule has 0 saturated carbocycles. The predicted molar refractivity (Wildman–Crippen MR) is 80.4 cm³/mol. The molecule has 0 bridgehead atoms. The average molecular weight is 251 g/mol. The highest BCUT2D eigenvalue weighted by molar-refractivity contribution is 5.40. The highest BCUT2D eigenvalue weighted by Crippen LogP contribution is 2.34. The molecular formula is C18H21N. The molecule has 0 saturated heterocycles. The molecule has 1 heteroatoms. The van der Waals surface area contributed by atoms with Gasteiger partial charge in [0.25, 0.3) is 0 Å². The molecule has 0 radical (unpaired) electrons. The summed E-state index contributed by atoms with van der Waals surface area (Å²) in [6.45, 7) is 6.70. The molecule has 1 aliphatic heterocycles. The van der Waals surface area contributed by atoms with Gasteiger partial charge < -0.3 is 0 Å². The molecule has 0 N–H and O–H groups in total. The first-order valence-corrected chi connectivity index (χ1v) is 7.18. The molecule has 98 valence electrons. The molecule has 0 spiro atoms. The molecule has 2 aromatic carbocycles. The minimum absolute atomic E-state index is 0.426. The summed E-state index contributed by atoms with van der Waals surface area (Å²) in [7, 11) is 0. The van der Waals surface area contributed by atoms with Gasteiger partial charge >= 0.3 is 0 Å². The molecule has 0 fully saturated rings. The van der Waals surface area contributed by atoms with Crippen LogP contribution in [0.2, 0.25) is 0 Å². The van der Waals surface area contributed by atoms with Gasteiger partial charge in [-0.2, -0.15) is 0 Å².